The lowest BCUT2D eigenvalue weighted by molar-refractivity contribution is 0.305. The third kappa shape index (κ3) is 2.92. The Hall–Kier alpha value is -2.46. The third-order valence-corrected chi connectivity index (χ3v) is 4.30. The first-order chi connectivity index (χ1) is 10.7. The third-order valence-electron chi connectivity index (χ3n) is 4.30. The summed E-state index contributed by atoms with van der Waals surface area (Å²) in [6, 6.07) is 12.4. The fourth-order valence-electron chi connectivity index (χ4n) is 2.90. The van der Waals surface area contributed by atoms with E-state index < -0.39 is 0 Å². The zero-order valence-corrected chi connectivity index (χ0v) is 13.0. The van der Waals surface area contributed by atoms with Gasteiger partial charge in [0.1, 0.15) is 12.4 Å². The van der Waals surface area contributed by atoms with Crippen molar-refractivity contribution in [3.8, 4) is 18.1 Å². The highest BCUT2D eigenvalue weighted by Gasteiger charge is 2.13. The second kappa shape index (κ2) is 6.12. The molecule has 0 unspecified atom stereocenters. The van der Waals surface area contributed by atoms with Crippen molar-refractivity contribution in [3.63, 3.8) is 0 Å². The Morgan fingerprint density at radius 2 is 2.05 bits per heavy atom. The Labute approximate surface area is 132 Å². The molecule has 1 aliphatic rings. The van der Waals surface area contributed by atoms with Gasteiger partial charge in [-0.2, -0.15) is 0 Å². The summed E-state index contributed by atoms with van der Waals surface area (Å²) < 4.78 is 5.98. The Bertz CT molecular complexity index is 762. The van der Waals surface area contributed by atoms with Gasteiger partial charge in [0.25, 0.3) is 0 Å². The van der Waals surface area contributed by atoms with Crippen LogP contribution in [0, 0.1) is 19.3 Å². The first-order valence-corrected chi connectivity index (χ1v) is 7.67. The molecule has 0 amide bonds. The average molecular weight is 288 g/mol. The number of aryl methyl sites for hydroxylation is 2. The predicted octanol–water partition coefficient (Wildman–Crippen LogP) is 4.90. The molecule has 0 atom stereocenters. The Morgan fingerprint density at radius 3 is 2.86 bits per heavy atom. The van der Waals surface area contributed by atoms with E-state index in [1.165, 1.54) is 28.7 Å². The van der Waals surface area contributed by atoms with Crippen LogP contribution in [0.3, 0.4) is 0 Å². The van der Waals surface area contributed by atoms with E-state index in [1.54, 1.807) is 0 Å². The van der Waals surface area contributed by atoms with E-state index in [4.69, 9.17) is 11.2 Å². The quantitative estimate of drug-likeness (QED) is 0.730. The van der Waals surface area contributed by atoms with Gasteiger partial charge in [-0.15, -0.1) is 6.42 Å². The molecule has 2 aromatic carbocycles. The molecule has 0 aliphatic heterocycles. The maximum Gasteiger partial charge on any atom is 0.120 e. The van der Waals surface area contributed by atoms with E-state index >= 15 is 0 Å². The molecule has 0 bridgehead atoms. The van der Waals surface area contributed by atoms with Crippen molar-refractivity contribution in [2.24, 2.45) is 0 Å². The standard InChI is InChI=1S/C21H20O/c1-4-17-9-8-15(2)19(12-17)14-22-20-11-10-18-7-5-6-16(3)21(18)13-20/h1,8-13H,3,5-7,14H2,2H3. The zero-order chi connectivity index (χ0) is 15.5. The summed E-state index contributed by atoms with van der Waals surface area (Å²) >= 11 is 0. The van der Waals surface area contributed by atoms with E-state index in [9.17, 15) is 0 Å². The summed E-state index contributed by atoms with van der Waals surface area (Å²) in [6.07, 6.45) is 8.89. The maximum atomic E-state index is 5.98. The minimum atomic E-state index is 0.534. The van der Waals surface area contributed by atoms with Crippen molar-refractivity contribution < 1.29 is 4.74 Å². The largest absolute Gasteiger partial charge is 0.489 e. The first kappa shape index (κ1) is 14.5. The number of terminal acetylenes is 1. The van der Waals surface area contributed by atoms with Gasteiger partial charge in [0.15, 0.2) is 0 Å². The molecule has 0 heterocycles. The van der Waals surface area contributed by atoms with Gasteiger partial charge in [-0.3, -0.25) is 0 Å². The molecule has 1 aliphatic carbocycles. The monoisotopic (exact) mass is 288 g/mol. The topological polar surface area (TPSA) is 9.23 Å². The molecule has 0 radical (unpaired) electrons. The summed E-state index contributed by atoms with van der Waals surface area (Å²) in [4.78, 5) is 0. The fourth-order valence-corrected chi connectivity index (χ4v) is 2.90. The van der Waals surface area contributed by atoms with Crippen molar-refractivity contribution in [1.29, 1.82) is 0 Å². The summed E-state index contributed by atoms with van der Waals surface area (Å²) in [5.41, 5.74) is 7.08. The van der Waals surface area contributed by atoms with Crippen LogP contribution in [0.4, 0.5) is 0 Å². The van der Waals surface area contributed by atoms with Crippen LogP contribution in [-0.2, 0) is 13.0 Å². The maximum absolute atomic E-state index is 5.98. The molecule has 0 saturated heterocycles. The lowest BCUT2D eigenvalue weighted by Gasteiger charge is -2.19. The van der Waals surface area contributed by atoms with Crippen molar-refractivity contribution in [2.75, 3.05) is 0 Å². The van der Waals surface area contributed by atoms with Gasteiger partial charge in [-0.05, 0) is 78.3 Å². The smallest absolute Gasteiger partial charge is 0.120 e. The second-order valence-corrected chi connectivity index (χ2v) is 5.85. The van der Waals surface area contributed by atoms with Crippen molar-refractivity contribution in [3.05, 3.63) is 70.8 Å². The molecule has 22 heavy (non-hydrogen) atoms. The van der Waals surface area contributed by atoms with Gasteiger partial charge in [-0.1, -0.05) is 24.6 Å². The highest BCUT2D eigenvalue weighted by Crippen LogP contribution is 2.32. The highest BCUT2D eigenvalue weighted by atomic mass is 16.5. The number of hydrogen-bond acceptors (Lipinski definition) is 1. The SMILES string of the molecule is C#Cc1ccc(C)c(COc2ccc3c(c2)C(=C)CCC3)c1. The van der Waals surface area contributed by atoms with Crippen molar-refractivity contribution >= 4 is 5.57 Å². The van der Waals surface area contributed by atoms with Crippen LogP contribution in [0.5, 0.6) is 5.75 Å². The van der Waals surface area contributed by atoms with Gasteiger partial charge in [0.05, 0.1) is 0 Å². The summed E-state index contributed by atoms with van der Waals surface area (Å²) in [5.74, 6) is 3.57. The predicted molar refractivity (Wildman–Crippen MR) is 91.9 cm³/mol. The van der Waals surface area contributed by atoms with Crippen LogP contribution in [-0.4, -0.2) is 0 Å². The molecule has 0 fully saturated rings. The fraction of sp³-hybridized carbons (Fsp3) is 0.238. The molecule has 0 spiro atoms. The number of allylic oxidation sites excluding steroid dienone is 1. The Kier molecular flexibility index (Phi) is 4.02. The van der Waals surface area contributed by atoms with Gasteiger partial charge in [0.2, 0.25) is 0 Å². The van der Waals surface area contributed by atoms with E-state index in [0.29, 0.717) is 6.61 Å². The molecule has 3 rings (SSSR count). The molecule has 0 N–H and O–H groups in total. The number of benzene rings is 2. The van der Waals surface area contributed by atoms with Crippen LogP contribution in [0.1, 0.15) is 40.7 Å². The number of rotatable bonds is 3. The lowest BCUT2D eigenvalue weighted by atomic mass is 9.88. The summed E-state index contributed by atoms with van der Waals surface area (Å²) in [5, 5.41) is 0. The van der Waals surface area contributed by atoms with Gasteiger partial charge in [-0.25, -0.2) is 0 Å². The van der Waals surface area contributed by atoms with E-state index in [2.05, 4.69) is 37.6 Å². The van der Waals surface area contributed by atoms with Crippen LogP contribution in [0.2, 0.25) is 0 Å². The minimum Gasteiger partial charge on any atom is -0.489 e. The Morgan fingerprint density at radius 1 is 1.18 bits per heavy atom. The zero-order valence-electron chi connectivity index (χ0n) is 13.0. The second-order valence-electron chi connectivity index (χ2n) is 5.85. The molecule has 0 aromatic heterocycles. The van der Waals surface area contributed by atoms with E-state index in [1.807, 2.05) is 18.2 Å². The van der Waals surface area contributed by atoms with Crippen LogP contribution >= 0.6 is 0 Å². The molecule has 1 nitrogen and oxygen atoms in total. The van der Waals surface area contributed by atoms with E-state index in [-0.39, 0.29) is 0 Å². The van der Waals surface area contributed by atoms with E-state index in [0.717, 1.165) is 29.7 Å². The molecule has 0 saturated carbocycles. The molecular formula is C21H20O. The Balaban J connectivity index is 1.79. The minimum absolute atomic E-state index is 0.534. The van der Waals surface area contributed by atoms with Crippen molar-refractivity contribution in [2.45, 2.75) is 32.8 Å². The van der Waals surface area contributed by atoms with Crippen LogP contribution < -0.4 is 4.74 Å². The molecule has 2 aromatic rings. The van der Waals surface area contributed by atoms with Gasteiger partial charge < -0.3 is 4.74 Å². The molecule has 110 valence electrons. The average Bonchev–Trinajstić information content (AvgIpc) is 2.55. The lowest BCUT2D eigenvalue weighted by Crippen LogP contribution is -2.03. The first-order valence-electron chi connectivity index (χ1n) is 7.67. The number of ether oxygens (including phenoxy) is 1. The molecular weight excluding hydrogens is 268 g/mol. The van der Waals surface area contributed by atoms with Crippen molar-refractivity contribution in [1.82, 2.24) is 0 Å². The van der Waals surface area contributed by atoms with Crippen LogP contribution in [0.25, 0.3) is 5.57 Å². The summed E-state index contributed by atoms with van der Waals surface area (Å²) in [6.45, 7) is 6.79. The highest BCUT2D eigenvalue weighted by molar-refractivity contribution is 5.69. The number of fused-ring (bicyclic) bond motifs is 1. The van der Waals surface area contributed by atoms with Gasteiger partial charge in [0, 0.05) is 5.56 Å². The van der Waals surface area contributed by atoms with Crippen LogP contribution in [0.15, 0.2) is 43.0 Å². The normalized spacial score (nSPS) is 13.4. The summed E-state index contributed by atoms with van der Waals surface area (Å²) in [7, 11) is 0. The van der Waals surface area contributed by atoms with Gasteiger partial charge >= 0.3 is 0 Å². The molecule has 1 heteroatoms. The number of hydrogen-bond donors (Lipinski definition) is 0.